The molecule has 0 bridgehead atoms. The Hall–Kier alpha value is -1.36. The van der Waals surface area contributed by atoms with Crippen LogP contribution >= 0.6 is 0 Å². The lowest BCUT2D eigenvalue weighted by Gasteiger charge is -2.08. The third kappa shape index (κ3) is 6.06. The van der Waals surface area contributed by atoms with Gasteiger partial charge in [-0.25, -0.2) is 4.98 Å². The lowest BCUT2D eigenvalue weighted by Crippen LogP contribution is -2.12. The van der Waals surface area contributed by atoms with Crippen molar-refractivity contribution >= 4 is 11.6 Å². The van der Waals surface area contributed by atoms with Crippen molar-refractivity contribution in [1.29, 1.82) is 0 Å². The second-order valence-electron chi connectivity index (χ2n) is 4.26. The Morgan fingerprint density at radius 3 is 2.71 bits per heavy atom. The third-order valence-corrected chi connectivity index (χ3v) is 2.28. The number of rotatable bonds is 8. The van der Waals surface area contributed by atoms with Gasteiger partial charge in [-0.15, -0.1) is 0 Å². The minimum Gasteiger partial charge on any atom is -0.380 e. The van der Waals surface area contributed by atoms with Gasteiger partial charge in [0, 0.05) is 20.2 Å². The van der Waals surface area contributed by atoms with Gasteiger partial charge in [0.2, 0.25) is 0 Å². The minimum atomic E-state index is 0.693. The molecule has 0 spiro atoms. The molecule has 0 saturated heterocycles. The summed E-state index contributed by atoms with van der Waals surface area (Å²) in [4.78, 5) is 8.36. The maximum atomic E-state index is 5.50. The highest BCUT2D eigenvalue weighted by atomic mass is 16.5. The fourth-order valence-corrected chi connectivity index (χ4v) is 1.24. The van der Waals surface area contributed by atoms with Gasteiger partial charge in [-0.05, 0) is 12.3 Å². The van der Waals surface area contributed by atoms with Crippen LogP contribution in [0.1, 0.15) is 20.3 Å². The summed E-state index contributed by atoms with van der Waals surface area (Å²) in [5.41, 5.74) is 0. The zero-order chi connectivity index (χ0) is 12.5. The molecular weight excluding hydrogens is 216 g/mol. The van der Waals surface area contributed by atoms with Crippen LogP contribution in [0.4, 0.5) is 11.6 Å². The topological polar surface area (TPSA) is 59.1 Å². The van der Waals surface area contributed by atoms with Crippen LogP contribution < -0.4 is 10.6 Å². The molecule has 5 heteroatoms. The van der Waals surface area contributed by atoms with Crippen molar-refractivity contribution in [2.24, 2.45) is 5.92 Å². The first-order valence-corrected chi connectivity index (χ1v) is 6.03. The van der Waals surface area contributed by atoms with E-state index in [9.17, 15) is 0 Å². The van der Waals surface area contributed by atoms with Crippen LogP contribution in [0.3, 0.4) is 0 Å². The number of nitrogens with one attached hydrogen (secondary N) is 2. The average molecular weight is 238 g/mol. The molecule has 1 rings (SSSR count). The van der Waals surface area contributed by atoms with Gasteiger partial charge < -0.3 is 15.4 Å². The first-order chi connectivity index (χ1) is 8.22. The maximum Gasteiger partial charge on any atom is 0.147 e. The molecule has 0 aliphatic rings. The normalized spacial score (nSPS) is 10.6. The van der Waals surface area contributed by atoms with Gasteiger partial charge in [0.1, 0.15) is 11.6 Å². The van der Waals surface area contributed by atoms with Crippen molar-refractivity contribution in [3.63, 3.8) is 0 Å². The maximum absolute atomic E-state index is 5.50. The molecule has 5 nitrogen and oxygen atoms in total. The summed E-state index contributed by atoms with van der Waals surface area (Å²) in [6.45, 7) is 6.65. The van der Waals surface area contributed by atoms with E-state index < -0.39 is 0 Å². The van der Waals surface area contributed by atoms with Crippen LogP contribution in [0.2, 0.25) is 0 Å². The molecule has 1 aromatic heterocycles. The molecular formula is C12H22N4O. The Kier molecular flexibility index (Phi) is 6.32. The van der Waals surface area contributed by atoms with E-state index in [-0.39, 0.29) is 0 Å². The molecule has 0 saturated carbocycles. The fourth-order valence-electron chi connectivity index (χ4n) is 1.24. The van der Waals surface area contributed by atoms with E-state index in [1.807, 2.05) is 7.05 Å². The molecule has 0 unspecified atom stereocenters. The van der Waals surface area contributed by atoms with Gasteiger partial charge in [-0.1, -0.05) is 13.8 Å². The summed E-state index contributed by atoms with van der Waals surface area (Å²) in [5.74, 6) is 2.22. The second-order valence-corrected chi connectivity index (χ2v) is 4.26. The van der Waals surface area contributed by atoms with Crippen molar-refractivity contribution in [2.45, 2.75) is 20.3 Å². The first-order valence-electron chi connectivity index (χ1n) is 6.03. The zero-order valence-corrected chi connectivity index (χ0v) is 10.9. The van der Waals surface area contributed by atoms with Crippen LogP contribution in [0.5, 0.6) is 0 Å². The highest BCUT2D eigenvalue weighted by Gasteiger charge is 1.97. The van der Waals surface area contributed by atoms with Crippen LogP contribution in [0.15, 0.2) is 12.4 Å². The standard InChI is InChI=1S/C12H22N4O/c1-10(2)4-6-17-7-5-15-12-9-14-8-11(13-3)16-12/h8-10H,4-7H2,1-3H3,(H2,13,15,16). The quantitative estimate of drug-likeness (QED) is 0.678. The van der Waals surface area contributed by atoms with E-state index in [4.69, 9.17) is 4.74 Å². The van der Waals surface area contributed by atoms with E-state index in [0.29, 0.717) is 12.5 Å². The highest BCUT2D eigenvalue weighted by molar-refractivity contribution is 5.40. The Morgan fingerprint density at radius 1 is 1.24 bits per heavy atom. The number of anilines is 2. The smallest absolute Gasteiger partial charge is 0.147 e. The van der Waals surface area contributed by atoms with Gasteiger partial charge in [0.15, 0.2) is 0 Å². The van der Waals surface area contributed by atoms with E-state index in [1.54, 1.807) is 12.4 Å². The SMILES string of the molecule is CNc1cncc(NCCOCCC(C)C)n1. The lowest BCUT2D eigenvalue weighted by molar-refractivity contribution is 0.132. The van der Waals surface area contributed by atoms with Crippen LogP contribution in [-0.2, 0) is 4.74 Å². The van der Waals surface area contributed by atoms with Gasteiger partial charge in [-0.2, -0.15) is 0 Å². The molecule has 2 N–H and O–H groups in total. The van der Waals surface area contributed by atoms with Crippen molar-refractivity contribution in [2.75, 3.05) is 37.4 Å². The molecule has 1 aromatic rings. The number of hydrogen-bond acceptors (Lipinski definition) is 5. The molecule has 0 aromatic carbocycles. The fraction of sp³-hybridized carbons (Fsp3) is 0.667. The van der Waals surface area contributed by atoms with Crippen molar-refractivity contribution in [1.82, 2.24) is 9.97 Å². The number of ether oxygens (including phenoxy) is 1. The van der Waals surface area contributed by atoms with Gasteiger partial charge >= 0.3 is 0 Å². The Bertz CT molecular complexity index is 317. The van der Waals surface area contributed by atoms with Gasteiger partial charge in [0.05, 0.1) is 19.0 Å². The predicted octanol–water partition coefficient (Wildman–Crippen LogP) is 1.99. The Balaban J connectivity index is 2.13. The van der Waals surface area contributed by atoms with E-state index in [1.165, 1.54) is 0 Å². The molecule has 96 valence electrons. The predicted molar refractivity (Wildman–Crippen MR) is 70.3 cm³/mol. The summed E-state index contributed by atoms with van der Waals surface area (Å²) in [6.07, 6.45) is 4.49. The lowest BCUT2D eigenvalue weighted by atomic mass is 10.1. The summed E-state index contributed by atoms with van der Waals surface area (Å²) in [5, 5.41) is 6.11. The van der Waals surface area contributed by atoms with Crippen molar-refractivity contribution in [3.8, 4) is 0 Å². The van der Waals surface area contributed by atoms with Gasteiger partial charge in [0.25, 0.3) is 0 Å². The molecule has 0 aliphatic heterocycles. The summed E-state index contributed by atoms with van der Waals surface area (Å²) in [7, 11) is 1.82. The molecule has 0 fully saturated rings. The molecule has 0 radical (unpaired) electrons. The highest BCUT2D eigenvalue weighted by Crippen LogP contribution is 2.05. The third-order valence-electron chi connectivity index (χ3n) is 2.28. The number of aromatic nitrogens is 2. The monoisotopic (exact) mass is 238 g/mol. The molecule has 17 heavy (non-hydrogen) atoms. The molecule has 1 heterocycles. The number of nitrogens with zero attached hydrogens (tertiary/aromatic N) is 2. The molecule has 0 aliphatic carbocycles. The summed E-state index contributed by atoms with van der Waals surface area (Å²) in [6, 6.07) is 0. The summed E-state index contributed by atoms with van der Waals surface area (Å²) < 4.78 is 5.50. The van der Waals surface area contributed by atoms with Crippen molar-refractivity contribution < 1.29 is 4.74 Å². The summed E-state index contributed by atoms with van der Waals surface area (Å²) >= 11 is 0. The largest absolute Gasteiger partial charge is 0.380 e. The van der Waals surface area contributed by atoms with Crippen LogP contribution in [-0.4, -0.2) is 36.8 Å². The first kappa shape index (κ1) is 13.7. The van der Waals surface area contributed by atoms with Gasteiger partial charge in [-0.3, -0.25) is 4.98 Å². The van der Waals surface area contributed by atoms with Crippen LogP contribution in [0.25, 0.3) is 0 Å². The van der Waals surface area contributed by atoms with E-state index in [0.717, 1.165) is 31.2 Å². The molecule has 0 amide bonds. The zero-order valence-electron chi connectivity index (χ0n) is 10.9. The number of hydrogen-bond donors (Lipinski definition) is 2. The Labute approximate surface area is 103 Å². The average Bonchev–Trinajstić information content (AvgIpc) is 2.33. The Morgan fingerprint density at radius 2 is 2.00 bits per heavy atom. The second kappa shape index (κ2) is 7.84. The molecule has 0 atom stereocenters. The minimum absolute atomic E-state index is 0.693. The van der Waals surface area contributed by atoms with E-state index >= 15 is 0 Å². The van der Waals surface area contributed by atoms with E-state index in [2.05, 4.69) is 34.4 Å². The van der Waals surface area contributed by atoms with Crippen molar-refractivity contribution in [3.05, 3.63) is 12.4 Å². The van der Waals surface area contributed by atoms with Crippen LogP contribution in [0, 0.1) is 5.92 Å².